The normalized spacial score (nSPS) is 15.0. The Kier molecular flexibility index (Phi) is 2.97. The molecule has 0 unspecified atom stereocenters. The molecule has 1 aliphatic carbocycles. The molecule has 1 fully saturated rings. The predicted molar refractivity (Wildman–Crippen MR) is 78.6 cm³/mol. The van der Waals surface area contributed by atoms with Crippen LogP contribution in [0.25, 0.3) is 11.0 Å². The van der Waals surface area contributed by atoms with E-state index >= 15 is 0 Å². The number of nitrogens with one attached hydrogen (secondary N) is 1. The molecule has 5 nitrogen and oxygen atoms in total. The molecular formula is C14H15N5S. The van der Waals surface area contributed by atoms with Gasteiger partial charge in [0, 0.05) is 18.0 Å². The van der Waals surface area contributed by atoms with E-state index in [1.165, 1.54) is 12.8 Å². The van der Waals surface area contributed by atoms with E-state index < -0.39 is 0 Å². The van der Waals surface area contributed by atoms with Crippen LogP contribution < -0.4 is 5.32 Å². The number of fused-ring (bicyclic) bond motifs is 1. The summed E-state index contributed by atoms with van der Waals surface area (Å²) < 4.78 is 1.91. The van der Waals surface area contributed by atoms with E-state index in [2.05, 4.69) is 26.0 Å². The van der Waals surface area contributed by atoms with E-state index in [-0.39, 0.29) is 0 Å². The Morgan fingerprint density at radius 2 is 2.20 bits per heavy atom. The second-order valence-electron chi connectivity index (χ2n) is 5.12. The maximum Gasteiger partial charge on any atom is 0.113 e. The van der Waals surface area contributed by atoms with E-state index in [1.54, 1.807) is 11.3 Å². The van der Waals surface area contributed by atoms with Crippen LogP contribution in [0.1, 0.15) is 23.5 Å². The summed E-state index contributed by atoms with van der Waals surface area (Å²) in [7, 11) is 0. The summed E-state index contributed by atoms with van der Waals surface area (Å²) in [6.45, 7) is 1.56. The Bertz CT molecular complexity index is 728. The molecule has 2 heterocycles. The molecule has 1 aromatic carbocycles. The molecule has 6 heteroatoms. The van der Waals surface area contributed by atoms with Crippen molar-refractivity contribution in [2.45, 2.75) is 32.0 Å². The summed E-state index contributed by atoms with van der Waals surface area (Å²) in [5.41, 5.74) is 3.04. The standard InChI is InChI=1S/C14H15N5S/c1-2-4-13-12(3-1)17-18-19(13)8-11-9-20-14(16-11)7-15-10-5-6-10/h1-4,9-10,15H,5-8H2. The third-order valence-corrected chi connectivity index (χ3v) is 4.35. The topological polar surface area (TPSA) is 55.6 Å². The fraction of sp³-hybridized carbons (Fsp3) is 0.357. The highest BCUT2D eigenvalue weighted by Crippen LogP contribution is 2.20. The van der Waals surface area contributed by atoms with Gasteiger partial charge in [-0.05, 0) is 25.0 Å². The third kappa shape index (κ3) is 2.44. The zero-order chi connectivity index (χ0) is 13.4. The van der Waals surface area contributed by atoms with Crippen molar-refractivity contribution in [1.29, 1.82) is 0 Å². The van der Waals surface area contributed by atoms with Gasteiger partial charge in [-0.25, -0.2) is 9.67 Å². The molecule has 0 atom stereocenters. The summed E-state index contributed by atoms with van der Waals surface area (Å²) in [6, 6.07) is 8.73. The van der Waals surface area contributed by atoms with E-state index in [0.717, 1.165) is 34.3 Å². The van der Waals surface area contributed by atoms with E-state index in [9.17, 15) is 0 Å². The van der Waals surface area contributed by atoms with Crippen molar-refractivity contribution in [1.82, 2.24) is 25.3 Å². The maximum absolute atomic E-state index is 4.66. The van der Waals surface area contributed by atoms with Gasteiger partial charge >= 0.3 is 0 Å². The monoisotopic (exact) mass is 285 g/mol. The Balaban J connectivity index is 1.50. The molecule has 0 saturated heterocycles. The molecule has 0 aliphatic heterocycles. The minimum Gasteiger partial charge on any atom is -0.308 e. The first kappa shape index (κ1) is 12.0. The lowest BCUT2D eigenvalue weighted by molar-refractivity contribution is 0.650. The molecule has 2 aromatic heterocycles. The number of para-hydroxylation sites is 1. The third-order valence-electron chi connectivity index (χ3n) is 3.45. The summed E-state index contributed by atoms with van der Waals surface area (Å²) >= 11 is 1.71. The number of aromatic nitrogens is 4. The molecule has 102 valence electrons. The van der Waals surface area contributed by atoms with Crippen molar-refractivity contribution in [3.63, 3.8) is 0 Å². The Morgan fingerprint density at radius 1 is 1.30 bits per heavy atom. The Hall–Kier alpha value is -1.79. The van der Waals surface area contributed by atoms with Crippen molar-refractivity contribution in [3.05, 3.63) is 40.3 Å². The summed E-state index contributed by atoms with van der Waals surface area (Å²) in [5, 5.41) is 15.1. The van der Waals surface area contributed by atoms with E-state index in [4.69, 9.17) is 0 Å². The maximum atomic E-state index is 4.66. The van der Waals surface area contributed by atoms with Crippen LogP contribution in [0.15, 0.2) is 29.6 Å². The van der Waals surface area contributed by atoms with Gasteiger partial charge in [-0.1, -0.05) is 17.3 Å². The van der Waals surface area contributed by atoms with Gasteiger partial charge in [0.05, 0.1) is 17.8 Å². The average molecular weight is 285 g/mol. The molecule has 0 amide bonds. The number of nitrogens with zero attached hydrogens (tertiary/aromatic N) is 4. The molecule has 1 saturated carbocycles. The van der Waals surface area contributed by atoms with Gasteiger partial charge in [0.25, 0.3) is 0 Å². The highest BCUT2D eigenvalue weighted by molar-refractivity contribution is 7.09. The lowest BCUT2D eigenvalue weighted by Crippen LogP contribution is -2.15. The second-order valence-corrected chi connectivity index (χ2v) is 6.07. The lowest BCUT2D eigenvalue weighted by atomic mass is 10.3. The fourth-order valence-corrected chi connectivity index (χ4v) is 2.95. The van der Waals surface area contributed by atoms with Gasteiger partial charge in [-0.2, -0.15) is 0 Å². The lowest BCUT2D eigenvalue weighted by Gasteiger charge is -1.99. The number of rotatable bonds is 5. The largest absolute Gasteiger partial charge is 0.308 e. The second kappa shape index (κ2) is 4.96. The highest BCUT2D eigenvalue weighted by Gasteiger charge is 2.20. The quantitative estimate of drug-likeness (QED) is 0.780. The Morgan fingerprint density at radius 3 is 3.10 bits per heavy atom. The first-order valence-electron chi connectivity index (χ1n) is 6.83. The van der Waals surface area contributed by atoms with Crippen molar-refractivity contribution in [2.75, 3.05) is 0 Å². The molecule has 0 bridgehead atoms. The SMILES string of the molecule is c1ccc2c(c1)nnn2Cc1csc(CNC2CC2)n1. The van der Waals surface area contributed by atoms with Crippen LogP contribution in [0.3, 0.4) is 0 Å². The van der Waals surface area contributed by atoms with Crippen molar-refractivity contribution < 1.29 is 0 Å². The van der Waals surface area contributed by atoms with Gasteiger partial charge in [0.1, 0.15) is 10.5 Å². The number of hydrogen-bond donors (Lipinski definition) is 1. The Labute approximate surface area is 120 Å². The molecule has 1 N–H and O–H groups in total. The molecule has 20 heavy (non-hydrogen) atoms. The zero-order valence-electron chi connectivity index (χ0n) is 11.0. The molecule has 4 rings (SSSR count). The average Bonchev–Trinajstić information content (AvgIpc) is 3.06. The van der Waals surface area contributed by atoms with Crippen molar-refractivity contribution >= 4 is 22.4 Å². The molecular weight excluding hydrogens is 270 g/mol. The van der Waals surface area contributed by atoms with Crippen LogP contribution in [-0.2, 0) is 13.1 Å². The summed E-state index contributed by atoms with van der Waals surface area (Å²) in [6.07, 6.45) is 2.62. The van der Waals surface area contributed by atoms with E-state index in [1.807, 2.05) is 28.9 Å². The first-order chi connectivity index (χ1) is 9.88. The zero-order valence-corrected chi connectivity index (χ0v) is 11.8. The smallest absolute Gasteiger partial charge is 0.113 e. The number of benzene rings is 1. The van der Waals surface area contributed by atoms with Gasteiger partial charge < -0.3 is 5.32 Å². The summed E-state index contributed by atoms with van der Waals surface area (Å²) in [5.74, 6) is 0. The van der Waals surface area contributed by atoms with Gasteiger partial charge in [0.2, 0.25) is 0 Å². The molecule has 3 aromatic rings. The summed E-state index contributed by atoms with van der Waals surface area (Å²) in [4.78, 5) is 4.66. The fourth-order valence-electron chi connectivity index (χ4n) is 2.21. The van der Waals surface area contributed by atoms with Crippen LogP contribution in [0, 0.1) is 0 Å². The van der Waals surface area contributed by atoms with E-state index in [0.29, 0.717) is 6.54 Å². The molecule has 0 spiro atoms. The highest BCUT2D eigenvalue weighted by atomic mass is 32.1. The minimum atomic E-state index is 0.681. The predicted octanol–water partition coefficient (Wildman–Crippen LogP) is 2.19. The van der Waals surface area contributed by atoms with Crippen LogP contribution in [0.4, 0.5) is 0 Å². The van der Waals surface area contributed by atoms with Crippen LogP contribution in [0.5, 0.6) is 0 Å². The van der Waals surface area contributed by atoms with Crippen LogP contribution >= 0.6 is 11.3 Å². The number of hydrogen-bond acceptors (Lipinski definition) is 5. The first-order valence-corrected chi connectivity index (χ1v) is 7.71. The van der Waals surface area contributed by atoms with Crippen LogP contribution in [0.2, 0.25) is 0 Å². The van der Waals surface area contributed by atoms with Crippen LogP contribution in [-0.4, -0.2) is 26.0 Å². The minimum absolute atomic E-state index is 0.681. The van der Waals surface area contributed by atoms with Gasteiger partial charge in [-0.15, -0.1) is 16.4 Å². The molecule has 0 radical (unpaired) electrons. The van der Waals surface area contributed by atoms with Gasteiger partial charge in [0.15, 0.2) is 0 Å². The number of thiazole rings is 1. The molecule has 1 aliphatic rings. The van der Waals surface area contributed by atoms with Gasteiger partial charge in [-0.3, -0.25) is 0 Å². The van der Waals surface area contributed by atoms with Crippen molar-refractivity contribution in [2.24, 2.45) is 0 Å². The van der Waals surface area contributed by atoms with Crippen molar-refractivity contribution in [3.8, 4) is 0 Å².